The maximum Gasteiger partial charge on any atom is 0.207 e. The monoisotopic (exact) mass is 250 g/mol. The third kappa shape index (κ3) is 3.07. The Morgan fingerprint density at radius 1 is 1.35 bits per heavy atom. The minimum absolute atomic E-state index is 0.412. The van der Waals surface area contributed by atoms with Crippen LogP contribution in [0.25, 0.3) is 0 Å². The molecule has 1 aromatic heterocycles. The van der Waals surface area contributed by atoms with Crippen molar-refractivity contribution in [3.63, 3.8) is 0 Å². The Kier molecular flexibility index (Phi) is 3.43. The second kappa shape index (κ2) is 5.01. The average molecular weight is 250 g/mol. The van der Waals surface area contributed by atoms with Crippen LogP contribution in [0.2, 0.25) is 0 Å². The summed E-state index contributed by atoms with van der Waals surface area (Å²) in [5.74, 6) is 0.742. The van der Waals surface area contributed by atoms with Gasteiger partial charge in [-0.25, -0.2) is 0 Å². The summed E-state index contributed by atoms with van der Waals surface area (Å²) in [5.41, 5.74) is 6.35. The predicted octanol–water partition coefficient (Wildman–Crippen LogP) is 1.77. The van der Waals surface area contributed by atoms with Crippen LogP contribution >= 0.6 is 11.3 Å². The summed E-state index contributed by atoms with van der Waals surface area (Å²) in [6.45, 7) is 0.412. The molecule has 0 radical (unpaired) electrons. The molecule has 17 heavy (non-hydrogen) atoms. The molecule has 0 aliphatic rings. The first-order chi connectivity index (χ1) is 8.15. The zero-order valence-corrected chi connectivity index (χ0v) is 10.6. The van der Waals surface area contributed by atoms with E-state index in [0.717, 1.165) is 15.9 Å². The molecule has 2 N–H and O–H groups in total. The van der Waals surface area contributed by atoms with Crippen LogP contribution in [0, 0.1) is 0 Å². The number of hydrogen-bond donors (Lipinski definition) is 1. The van der Waals surface area contributed by atoms with E-state index < -0.39 is 0 Å². The van der Waals surface area contributed by atoms with Gasteiger partial charge in [-0.2, -0.15) is 0 Å². The van der Waals surface area contributed by atoms with Crippen molar-refractivity contribution in [2.75, 3.05) is 24.7 Å². The highest BCUT2D eigenvalue weighted by Gasteiger charge is 2.06. The molecule has 0 spiro atoms. The standard InChI is InChI=1S/C11H14N4OS/c1-15(2)11-14-13-10(17-11)7-16-9-5-3-4-8(12)6-9/h3-6H,7,12H2,1-2H3. The fraction of sp³-hybridized carbons (Fsp3) is 0.273. The van der Waals surface area contributed by atoms with Gasteiger partial charge in [-0.3, -0.25) is 0 Å². The number of aromatic nitrogens is 2. The number of nitrogen functional groups attached to an aromatic ring is 1. The Morgan fingerprint density at radius 3 is 2.82 bits per heavy atom. The fourth-order valence-electron chi connectivity index (χ4n) is 1.23. The Labute approximate surface area is 104 Å². The Morgan fingerprint density at radius 2 is 2.18 bits per heavy atom. The maximum absolute atomic E-state index is 5.66. The Hall–Kier alpha value is -1.82. The molecule has 0 saturated heterocycles. The van der Waals surface area contributed by atoms with Crippen molar-refractivity contribution < 1.29 is 4.74 Å². The van der Waals surface area contributed by atoms with Crippen LogP contribution in [0.15, 0.2) is 24.3 Å². The van der Waals surface area contributed by atoms with E-state index in [-0.39, 0.29) is 0 Å². The molecule has 2 aromatic rings. The highest BCUT2D eigenvalue weighted by molar-refractivity contribution is 7.15. The molecular formula is C11H14N4OS. The first kappa shape index (κ1) is 11.7. The number of anilines is 2. The average Bonchev–Trinajstić information content (AvgIpc) is 2.75. The molecular weight excluding hydrogens is 236 g/mol. The van der Waals surface area contributed by atoms with Crippen molar-refractivity contribution in [2.24, 2.45) is 0 Å². The predicted molar refractivity (Wildman–Crippen MR) is 69.4 cm³/mol. The molecule has 0 aliphatic heterocycles. The van der Waals surface area contributed by atoms with E-state index in [1.807, 2.05) is 37.2 Å². The lowest BCUT2D eigenvalue weighted by molar-refractivity contribution is 0.304. The van der Waals surface area contributed by atoms with Crippen molar-refractivity contribution in [1.29, 1.82) is 0 Å². The van der Waals surface area contributed by atoms with Crippen molar-refractivity contribution in [2.45, 2.75) is 6.61 Å². The van der Waals surface area contributed by atoms with Crippen molar-refractivity contribution in [3.8, 4) is 5.75 Å². The first-order valence-corrected chi connectivity index (χ1v) is 5.95. The number of nitrogens with zero attached hydrogens (tertiary/aromatic N) is 3. The van der Waals surface area contributed by atoms with Gasteiger partial charge in [0.25, 0.3) is 0 Å². The number of ether oxygens (including phenoxy) is 1. The molecule has 0 unspecified atom stereocenters. The molecule has 0 saturated carbocycles. The van der Waals surface area contributed by atoms with Crippen molar-refractivity contribution in [3.05, 3.63) is 29.3 Å². The Balaban J connectivity index is 1.97. The van der Waals surface area contributed by atoms with Gasteiger partial charge in [-0.1, -0.05) is 17.4 Å². The molecule has 0 amide bonds. The number of hydrogen-bond acceptors (Lipinski definition) is 6. The first-order valence-electron chi connectivity index (χ1n) is 5.13. The summed E-state index contributed by atoms with van der Waals surface area (Å²) in [4.78, 5) is 1.92. The van der Waals surface area contributed by atoms with Gasteiger partial charge in [-0.15, -0.1) is 10.2 Å². The van der Waals surface area contributed by atoms with Crippen molar-refractivity contribution >= 4 is 22.2 Å². The SMILES string of the molecule is CN(C)c1nnc(COc2cccc(N)c2)s1. The molecule has 90 valence electrons. The van der Waals surface area contributed by atoms with Gasteiger partial charge in [0.15, 0.2) is 5.01 Å². The third-order valence-electron chi connectivity index (χ3n) is 2.06. The highest BCUT2D eigenvalue weighted by atomic mass is 32.1. The van der Waals surface area contributed by atoms with Crippen LogP contribution in [0.4, 0.5) is 10.8 Å². The summed E-state index contributed by atoms with van der Waals surface area (Å²) in [6.07, 6.45) is 0. The van der Waals surface area contributed by atoms with E-state index in [9.17, 15) is 0 Å². The second-order valence-corrected chi connectivity index (χ2v) is 4.77. The molecule has 0 bridgehead atoms. The normalized spacial score (nSPS) is 10.2. The van der Waals surface area contributed by atoms with Gasteiger partial charge in [0.2, 0.25) is 5.13 Å². The topological polar surface area (TPSA) is 64.3 Å². The van der Waals surface area contributed by atoms with E-state index in [4.69, 9.17) is 10.5 Å². The lowest BCUT2D eigenvalue weighted by Crippen LogP contribution is -2.07. The zero-order valence-electron chi connectivity index (χ0n) is 9.75. The molecule has 5 nitrogen and oxygen atoms in total. The van der Waals surface area contributed by atoms with Gasteiger partial charge in [-0.05, 0) is 12.1 Å². The summed E-state index contributed by atoms with van der Waals surface area (Å²) >= 11 is 1.51. The minimum atomic E-state index is 0.412. The number of rotatable bonds is 4. The third-order valence-corrected chi connectivity index (χ3v) is 3.12. The fourth-order valence-corrected chi connectivity index (χ4v) is 1.91. The summed E-state index contributed by atoms with van der Waals surface area (Å²) < 4.78 is 5.58. The van der Waals surface area contributed by atoms with Gasteiger partial charge < -0.3 is 15.4 Å². The van der Waals surface area contributed by atoms with Crippen LogP contribution < -0.4 is 15.4 Å². The molecule has 2 rings (SSSR count). The van der Waals surface area contributed by atoms with E-state index in [1.54, 1.807) is 6.07 Å². The molecule has 0 aliphatic carbocycles. The van der Waals surface area contributed by atoms with Crippen molar-refractivity contribution in [1.82, 2.24) is 10.2 Å². The quantitative estimate of drug-likeness (QED) is 0.838. The van der Waals surface area contributed by atoms with Gasteiger partial charge in [0.1, 0.15) is 12.4 Å². The van der Waals surface area contributed by atoms with E-state index in [1.165, 1.54) is 11.3 Å². The van der Waals surface area contributed by atoms with E-state index in [0.29, 0.717) is 12.3 Å². The molecule has 1 aromatic carbocycles. The number of nitrogens with two attached hydrogens (primary N) is 1. The largest absolute Gasteiger partial charge is 0.486 e. The van der Waals surface area contributed by atoms with Gasteiger partial charge in [0, 0.05) is 25.8 Å². The lowest BCUT2D eigenvalue weighted by atomic mass is 10.3. The number of benzene rings is 1. The summed E-state index contributed by atoms with van der Waals surface area (Å²) in [5, 5.41) is 9.80. The van der Waals surface area contributed by atoms with Crippen LogP contribution in [-0.2, 0) is 6.61 Å². The van der Waals surface area contributed by atoms with E-state index >= 15 is 0 Å². The van der Waals surface area contributed by atoms with Crippen LogP contribution in [0.5, 0.6) is 5.75 Å². The zero-order chi connectivity index (χ0) is 12.3. The molecule has 0 atom stereocenters. The summed E-state index contributed by atoms with van der Waals surface area (Å²) in [6, 6.07) is 7.33. The highest BCUT2D eigenvalue weighted by Crippen LogP contribution is 2.20. The smallest absolute Gasteiger partial charge is 0.207 e. The van der Waals surface area contributed by atoms with Gasteiger partial charge in [0.05, 0.1) is 0 Å². The Bertz CT molecular complexity index is 498. The van der Waals surface area contributed by atoms with Crippen LogP contribution in [0.3, 0.4) is 0 Å². The minimum Gasteiger partial charge on any atom is -0.486 e. The lowest BCUT2D eigenvalue weighted by Gasteiger charge is -2.05. The molecule has 1 heterocycles. The summed E-state index contributed by atoms with van der Waals surface area (Å²) in [7, 11) is 3.87. The molecule has 6 heteroatoms. The van der Waals surface area contributed by atoms with E-state index in [2.05, 4.69) is 10.2 Å². The van der Waals surface area contributed by atoms with Gasteiger partial charge >= 0.3 is 0 Å². The maximum atomic E-state index is 5.66. The second-order valence-electron chi connectivity index (χ2n) is 3.73. The molecule has 0 fully saturated rings. The van der Waals surface area contributed by atoms with Crippen LogP contribution in [-0.4, -0.2) is 24.3 Å². The van der Waals surface area contributed by atoms with Crippen LogP contribution in [0.1, 0.15) is 5.01 Å².